The van der Waals surface area contributed by atoms with Crippen LogP contribution in [0.25, 0.3) is 11.3 Å². The third-order valence-electron chi connectivity index (χ3n) is 6.66. The summed E-state index contributed by atoms with van der Waals surface area (Å²) in [6.45, 7) is 3.98. The van der Waals surface area contributed by atoms with Crippen LogP contribution in [0.2, 0.25) is 5.02 Å². The van der Waals surface area contributed by atoms with Crippen LogP contribution in [0.15, 0.2) is 24.5 Å². The molecule has 0 amide bonds. The average Bonchev–Trinajstić information content (AvgIpc) is 2.81. The van der Waals surface area contributed by atoms with E-state index in [1.54, 1.807) is 12.4 Å². The van der Waals surface area contributed by atoms with Crippen molar-refractivity contribution in [1.29, 1.82) is 0 Å². The Balaban J connectivity index is 1.47. The van der Waals surface area contributed by atoms with Crippen LogP contribution in [0.4, 0.5) is 5.95 Å². The van der Waals surface area contributed by atoms with Gasteiger partial charge in [-0.25, -0.2) is 9.97 Å². The zero-order valence-corrected chi connectivity index (χ0v) is 19.0. The molecule has 1 aliphatic carbocycles. The molecule has 6 nitrogen and oxygen atoms in total. The second-order valence-electron chi connectivity index (χ2n) is 8.94. The van der Waals surface area contributed by atoms with E-state index in [2.05, 4.69) is 27.5 Å². The molecule has 4 rings (SSSR count). The van der Waals surface area contributed by atoms with Gasteiger partial charge < -0.3 is 10.6 Å². The Hall–Kier alpha value is -2.05. The molecule has 1 saturated heterocycles. The monoisotopic (exact) mass is 441 g/mol. The van der Waals surface area contributed by atoms with Gasteiger partial charge in [0.2, 0.25) is 5.95 Å². The Morgan fingerprint density at radius 3 is 2.84 bits per heavy atom. The maximum absolute atomic E-state index is 12.7. The molecule has 1 saturated carbocycles. The Morgan fingerprint density at radius 1 is 1.23 bits per heavy atom. The van der Waals surface area contributed by atoms with Crippen molar-refractivity contribution in [3.63, 3.8) is 0 Å². The quantitative estimate of drug-likeness (QED) is 0.649. The normalized spacial score (nSPS) is 20.9. The third-order valence-corrected chi connectivity index (χ3v) is 6.97. The van der Waals surface area contributed by atoms with E-state index in [1.807, 2.05) is 12.1 Å². The smallest absolute Gasteiger partial charge is 0.223 e. The fourth-order valence-corrected chi connectivity index (χ4v) is 4.96. The third kappa shape index (κ3) is 5.80. The van der Waals surface area contributed by atoms with E-state index < -0.39 is 0 Å². The van der Waals surface area contributed by atoms with Crippen LogP contribution < -0.4 is 10.6 Å². The number of aromatic nitrogens is 3. The van der Waals surface area contributed by atoms with Gasteiger partial charge in [-0.15, -0.1) is 0 Å². The number of pyridine rings is 1. The summed E-state index contributed by atoms with van der Waals surface area (Å²) in [4.78, 5) is 26.2. The summed E-state index contributed by atoms with van der Waals surface area (Å²) in [6.07, 6.45) is 12.2. The van der Waals surface area contributed by atoms with Crippen molar-refractivity contribution in [2.24, 2.45) is 11.8 Å². The highest BCUT2D eigenvalue weighted by Crippen LogP contribution is 2.29. The Bertz CT molecular complexity index is 893. The second kappa shape index (κ2) is 10.5. The van der Waals surface area contributed by atoms with Gasteiger partial charge in [-0.05, 0) is 57.2 Å². The molecular weight excluding hydrogens is 410 g/mol. The van der Waals surface area contributed by atoms with Gasteiger partial charge in [0.15, 0.2) is 0 Å². The molecule has 0 bridgehead atoms. The molecule has 166 valence electrons. The summed E-state index contributed by atoms with van der Waals surface area (Å²) >= 11 is 6.46. The van der Waals surface area contributed by atoms with E-state index in [-0.39, 0.29) is 11.7 Å². The van der Waals surface area contributed by atoms with E-state index in [9.17, 15) is 4.79 Å². The SMILES string of the molecule is C[C@H](Nc1nccc(-c2cc(CC(=O)C3CCCNC3)ncc2Cl)n1)C1CCCCC1. The lowest BCUT2D eigenvalue weighted by Crippen LogP contribution is -2.35. The summed E-state index contributed by atoms with van der Waals surface area (Å²) < 4.78 is 0. The molecular formula is C24H32ClN5O. The van der Waals surface area contributed by atoms with Crippen LogP contribution in [-0.2, 0) is 11.2 Å². The van der Waals surface area contributed by atoms with E-state index in [0.717, 1.165) is 42.9 Å². The number of nitrogens with zero attached hydrogens (tertiary/aromatic N) is 3. The van der Waals surface area contributed by atoms with Crippen molar-refractivity contribution in [1.82, 2.24) is 20.3 Å². The molecule has 2 aromatic rings. The number of piperidine rings is 1. The molecule has 2 N–H and O–H groups in total. The zero-order valence-electron chi connectivity index (χ0n) is 18.2. The number of ketones is 1. The Labute approximate surface area is 189 Å². The van der Waals surface area contributed by atoms with Crippen molar-refractivity contribution >= 4 is 23.3 Å². The molecule has 3 heterocycles. The molecule has 2 fully saturated rings. The van der Waals surface area contributed by atoms with Gasteiger partial charge in [0, 0.05) is 48.6 Å². The lowest BCUT2D eigenvalue weighted by Gasteiger charge is -2.28. The summed E-state index contributed by atoms with van der Waals surface area (Å²) in [5.74, 6) is 1.59. The van der Waals surface area contributed by atoms with Crippen LogP contribution >= 0.6 is 11.6 Å². The van der Waals surface area contributed by atoms with Crippen LogP contribution in [0.5, 0.6) is 0 Å². The van der Waals surface area contributed by atoms with Crippen LogP contribution in [0.3, 0.4) is 0 Å². The Kier molecular flexibility index (Phi) is 7.51. The molecule has 7 heteroatoms. The topological polar surface area (TPSA) is 79.8 Å². The number of nitrogens with one attached hydrogen (secondary N) is 2. The highest BCUT2D eigenvalue weighted by molar-refractivity contribution is 6.33. The van der Waals surface area contributed by atoms with Crippen molar-refractivity contribution in [3.05, 3.63) is 35.2 Å². The summed E-state index contributed by atoms with van der Waals surface area (Å²) in [6, 6.07) is 4.09. The largest absolute Gasteiger partial charge is 0.351 e. The van der Waals surface area contributed by atoms with Crippen LogP contribution in [-0.4, -0.2) is 39.9 Å². The summed E-state index contributed by atoms with van der Waals surface area (Å²) in [5.41, 5.74) is 2.27. The van der Waals surface area contributed by atoms with E-state index in [4.69, 9.17) is 16.6 Å². The van der Waals surface area contributed by atoms with Gasteiger partial charge in [-0.2, -0.15) is 0 Å². The second-order valence-corrected chi connectivity index (χ2v) is 9.35. The number of hydrogen-bond acceptors (Lipinski definition) is 6. The summed E-state index contributed by atoms with van der Waals surface area (Å²) in [5, 5.41) is 7.32. The highest BCUT2D eigenvalue weighted by atomic mass is 35.5. The van der Waals surface area contributed by atoms with Crippen LogP contribution in [0.1, 0.15) is 57.6 Å². The minimum atomic E-state index is 0.0748. The number of hydrogen-bond donors (Lipinski definition) is 2. The van der Waals surface area contributed by atoms with Crippen molar-refractivity contribution in [2.75, 3.05) is 18.4 Å². The molecule has 0 radical (unpaired) electrons. The minimum absolute atomic E-state index is 0.0748. The van der Waals surface area contributed by atoms with E-state index >= 15 is 0 Å². The average molecular weight is 442 g/mol. The predicted octanol–water partition coefficient (Wildman–Crippen LogP) is 4.68. The van der Waals surface area contributed by atoms with Gasteiger partial charge in [-0.3, -0.25) is 9.78 Å². The van der Waals surface area contributed by atoms with Crippen molar-refractivity contribution in [3.8, 4) is 11.3 Å². The molecule has 2 aromatic heterocycles. The molecule has 0 spiro atoms. The summed E-state index contributed by atoms with van der Waals surface area (Å²) in [7, 11) is 0. The van der Waals surface area contributed by atoms with Crippen molar-refractivity contribution < 1.29 is 4.79 Å². The fourth-order valence-electron chi connectivity index (χ4n) is 4.76. The van der Waals surface area contributed by atoms with Crippen LogP contribution in [0, 0.1) is 11.8 Å². The Morgan fingerprint density at radius 2 is 2.06 bits per heavy atom. The zero-order chi connectivity index (χ0) is 21.6. The first-order chi connectivity index (χ1) is 15.1. The van der Waals surface area contributed by atoms with Gasteiger partial charge in [0.05, 0.1) is 10.7 Å². The van der Waals surface area contributed by atoms with Gasteiger partial charge >= 0.3 is 0 Å². The van der Waals surface area contributed by atoms with E-state index in [1.165, 1.54) is 32.1 Å². The molecule has 2 atom stereocenters. The van der Waals surface area contributed by atoms with Gasteiger partial charge in [0.25, 0.3) is 0 Å². The number of carbonyl (C=O) groups excluding carboxylic acids is 1. The van der Waals surface area contributed by atoms with Gasteiger partial charge in [-0.1, -0.05) is 30.9 Å². The molecule has 2 aliphatic rings. The first kappa shape index (κ1) is 22.2. The highest BCUT2D eigenvalue weighted by Gasteiger charge is 2.23. The molecule has 0 aromatic carbocycles. The number of carbonyl (C=O) groups is 1. The number of anilines is 1. The lowest BCUT2D eigenvalue weighted by atomic mass is 9.85. The maximum atomic E-state index is 12.7. The first-order valence-electron chi connectivity index (χ1n) is 11.6. The van der Waals surface area contributed by atoms with E-state index in [0.29, 0.717) is 29.4 Å². The number of halogens is 1. The molecule has 1 aliphatic heterocycles. The fraction of sp³-hybridized carbons (Fsp3) is 0.583. The maximum Gasteiger partial charge on any atom is 0.223 e. The first-order valence-corrected chi connectivity index (χ1v) is 12.0. The van der Waals surface area contributed by atoms with Gasteiger partial charge in [0.1, 0.15) is 5.78 Å². The lowest BCUT2D eigenvalue weighted by molar-refractivity contribution is -0.122. The minimum Gasteiger partial charge on any atom is -0.351 e. The number of Topliss-reactive ketones (excluding diaryl/α,β-unsaturated/α-hetero) is 1. The standard InChI is InChI=1S/C24H32ClN5O/c1-16(17-6-3-2-4-7-17)29-24-27-11-9-22(30-24)20-12-19(28-15-21(20)25)13-23(31)18-8-5-10-26-14-18/h9,11-12,15-18,26H,2-8,10,13-14H2,1H3,(H,27,29,30)/t16-,18?/m0/s1. The van der Waals surface area contributed by atoms with Crippen molar-refractivity contribution in [2.45, 2.75) is 64.3 Å². The predicted molar refractivity (Wildman–Crippen MR) is 124 cm³/mol. The molecule has 1 unspecified atom stereocenters. The molecule has 31 heavy (non-hydrogen) atoms. The number of rotatable bonds is 7.